The molecule has 2 heterocycles. The summed E-state index contributed by atoms with van der Waals surface area (Å²) in [5, 5.41) is 7.26. The van der Waals surface area contributed by atoms with Crippen LogP contribution in [0.3, 0.4) is 0 Å². The molecule has 0 aliphatic heterocycles. The average Bonchev–Trinajstić information content (AvgIpc) is 3.29. The van der Waals surface area contributed by atoms with E-state index in [2.05, 4.69) is 15.4 Å². The first-order valence-electron chi connectivity index (χ1n) is 8.67. The highest BCUT2D eigenvalue weighted by Gasteiger charge is 2.21. The number of aromatic nitrogens is 4. The Morgan fingerprint density at radius 3 is 2.59 bits per heavy atom. The topological polar surface area (TPSA) is 74.0 Å². The van der Waals surface area contributed by atoms with Gasteiger partial charge in [0.2, 0.25) is 5.95 Å². The molecular weight excluding hydrogens is 342 g/mol. The first-order valence-corrected chi connectivity index (χ1v) is 8.67. The van der Waals surface area contributed by atoms with Gasteiger partial charge < -0.3 is 9.30 Å². The van der Waals surface area contributed by atoms with Gasteiger partial charge in [-0.05, 0) is 31.2 Å². The van der Waals surface area contributed by atoms with E-state index in [0.29, 0.717) is 18.2 Å². The second-order valence-electron chi connectivity index (χ2n) is 5.95. The molecule has 7 heteroatoms. The SMILES string of the molecule is CCn1c(NC(=O)c2nn(-c3ccccc3)cc2OC)nc2ccccc21. The van der Waals surface area contributed by atoms with E-state index in [1.54, 1.807) is 10.9 Å². The Morgan fingerprint density at radius 1 is 1.11 bits per heavy atom. The number of methoxy groups -OCH3 is 1. The number of imidazole rings is 1. The van der Waals surface area contributed by atoms with E-state index in [9.17, 15) is 4.79 Å². The zero-order valence-corrected chi connectivity index (χ0v) is 15.1. The van der Waals surface area contributed by atoms with Crippen LogP contribution in [0.5, 0.6) is 5.75 Å². The van der Waals surface area contributed by atoms with Crippen LogP contribution in [0.15, 0.2) is 60.8 Å². The number of nitrogens with one attached hydrogen (secondary N) is 1. The summed E-state index contributed by atoms with van der Waals surface area (Å²) in [6.45, 7) is 2.69. The summed E-state index contributed by atoms with van der Waals surface area (Å²) in [5.41, 5.74) is 2.85. The molecule has 0 fully saturated rings. The van der Waals surface area contributed by atoms with Crippen LogP contribution >= 0.6 is 0 Å². The Bertz CT molecular complexity index is 1100. The minimum Gasteiger partial charge on any atom is -0.493 e. The maximum absolute atomic E-state index is 12.9. The summed E-state index contributed by atoms with van der Waals surface area (Å²) >= 11 is 0. The van der Waals surface area contributed by atoms with Gasteiger partial charge in [-0.25, -0.2) is 9.67 Å². The van der Waals surface area contributed by atoms with Gasteiger partial charge >= 0.3 is 0 Å². The number of benzene rings is 2. The van der Waals surface area contributed by atoms with Gasteiger partial charge in [0.15, 0.2) is 11.4 Å². The maximum Gasteiger partial charge on any atom is 0.282 e. The Kier molecular flexibility index (Phi) is 4.33. The maximum atomic E-state index is 12.9. The third-order valence-corrected chi connectivity index (χ3v) is 4.33. The summed E-state index contributed by atoms with van der Waals surface area (Å²) in [4.78, 5) is 17.4. The van der Waals surface area contributed by atoms with Crippen LogP contribution in [-0.4, -0.2) is 32.3 Å². The molecular formula is C20H19N5O2. The fourth-order valence-corrected chi connectivity index (χ4v) is 3.03. The Labute approximate surface area is 156 Å². The molecule has 7 nitrogen and oxygen atoms in total. The average molecular weight is 361 g/mol. The van der Waals surface area contributed by atoms with Gasteiger partial charge in [0.1, 0.15) is 0 Å². The summed E-state index contributed by atoms with van der Waals surface area (Å²) < 4.78 is 8.92. The van der Waals surface area contributed by atoms with Gasteiger partial charge in [0, 0.05) is 6.54 Å². The van der Waals surface area contributed by atoms with Gasteiger partial charge in [-0.15, -0.1) is 0 Å². The number of para-hydroxylation sites is 3. The largest absolute Gasteiger partial charge is 0.493 e. The smallest absolute Gasteiger partial charge is 0.282 e. The number of ether oxygens (including phenoxy) is 1. The molecule has 1 N–H and O–H groups in total. The third-order valence-electron chi connectivity index (χ3n) is 4.33. The first kappa shape index (κ1) is 16.8. The van der Waals surface area contributed by atoms with Crippen molar-refractivity contribution in [3.05, 3.63) is 66.5 Å². The van der Waals surface area contributed by atoms with Crippen LogP contribution in [0.1, 0.15) is 17.4 Å². The second kappa shape index (κ2) is 6.95. The molecule has 0 aliphatic rings. The van der Waals surface area contributed by atoms with Crippen molar-refractivity contribution in [3.8, 4) is 11.4 Å². The molecule has 0 saturated heterocycles. The van der Waals surface area contributed by atoms with Crippen molar-refractivity contribution in [1.82, 2.24) is 19.3 Å². The Morgan fingerprint density at radius 2 is 1.85 bits per heavy atom. The molecule has 0 spiro atoms. The number of carbonyl (C=O) groups excluding carboxylic acids is 1. The molecule has 4 rings (SSSR count). The number of aryl methyl sites for hydroxylation is 1. The minimum absolute atomic E-state index is 0.205. The fourth-order valence-electron chi connectivity index (χ4n) is 3.03. The molecule has 136 valence electrons. The van der Waals surface area contributed by atoms with Crippen molar-refractivity contribution in [3.63, 3.8) is 0 Å². The molecule has 0 bridgehead atoms. The van der Waals surface area contributed by atoms with E-state index in [-0.39, 0.29) is 11.6 Å². The number of rotatable bonds is 5. The van der Waals surface area contributed by atoms with E-state index in [0.717, 1.165) is 16.7 Å². The molecule has 1 amide bonds. The first-order chi connectivity index (χ1) is 13.2. The lowest BCUT2D eigenvalue weighted by atomic mass is 10.3. The summed E-state index contributed by atoms with van der Waals surface area (Å²) in [5.74, 6) is 0.516. The van der Waals surface area contributed by atoms with E-state index < -0.39 is 0 Å². The lowest BCUT2D eigenvalue weighted by Gasteiger charge is -2.07. The highest BCUT2D eigenvalue weighted by Crippen LogP contribution is 2.23. The zero-order chi connectivity index (χ0) is 18.8. The molecule has 0 radical (unpaired) electrons. The third kappa shape index (κ3) is 3.03. The quantitative estimate of drug-likeness (QED) is 0.590. The van der Waals surface area contributed by atoms with Gasteiger partial charge in [0.25, 0.3) is 5.91 Å². The van der Waals surface area contributed by atoms with Crippen molar-refractivity contribution >= 4 is 22.9 Å². The lowest BCUT2D eigenvalue weighted by molar-refractivity contribution is 0.101. The molecule has 0 unspecified atom stereocenters. The molecule has 0 saturated carbocycles. The summed E-state index contributed by atoms with van der Waals surface area (Å²) in [6, 6.07) is 17.3. The summed E-state index contributed by atoms with van der Waals surface area (Å²) in [7, 11) is 1.52. The standard InChI is InChI=1S/C20H19N5O2/c1-3-24-16-12-8-7-11-15(16)21-20(24)22-19(26)18-17(27-2)13-25(23-18)14-9-5-4-6-10-14/h4-13H,3H2,1-2H3,(H,21,22,26). The lowest BCUT2D eigenvalue weighted by Crippen LogP contribution is -2.17. The normalized spacial score (nSPS) is 10.9. The van der Waals surface area contributed by atoms with E-state index in [1.165, 1.54) is 7.11 Å². The number of anilines is 1. The molecule has 2 aromatic heterocycles. The van der Waals surface area contributed by atoms with Gasteiger partial charge in [-0.1, -0.05) is 30.3 Å². The van der Waals surface area contributed by atoms with E-state index in [4.69, 9.17) is 4.74 Å². The van der Waals surface area contributed by atoms with Crippen LogP contribution in [0.2, 0.25) is 0 Å². The van der Waals surface area contributed by atoms with Crippen molar-refractivity contribution in [2.45, 2.75) is 13.5 Å². The number of carbonyl (C=O) groups is 1. The van der Waals surface area contributed by atoms with Crippen LogP contribution in [-0.2, 0) is 6.54 Å². The van der Waals surface area contributed by atoms with Crippen LogP contribution in [0.4, 0.5) is 5.95 Å². The predicted molar refractivity (Wildman–Crippen MR) is 103 cm³/mol. The Balaban J connectivity index is 1.69. The van der Waals surface area contributed by atoms with Crippen molar-refractivity contribution in [1.29, 1.82) is 0 Å². The van der Waals surface area contributed by atoms with Crippen LogP contribution < -0.4 is 10.1 Å². The number of hydrogen-bond acceptors (Lipinski definition) is 4. The van der Waals surface area contributed by atoms with Gasteiger partial charge in [-0.3, -0.25) is 10.1 Å². The van der Waals surface area contributed by atoms with E-state index in [1.807, 2.05) is 66.1 Å². The van der Waals surface area contributed by atoms with Crippen molar-refractivity contribution in [2.75, 3.05) is 12.4 Å². The molecule has 27 heavy (non-hydrogen) atoms. The predicted octanol–water partition coefficient (Wildman–Crippen LogP) is 3.50. The van der Waals surface area contributed by atoms with E-state index >= 15 is 0 Å². The van der Waals surface area contributed by atoms with Crippen LogP contribution in [0.25, 0.3) is 16.7 Å². The van der Waals surface area contributed by atoms with Crippen LogP contribution in [0, 0.1) is 0 Å². The molecule has 2 aromatic carbocycles. The molecule has 0 aliphatic carbocycles. The van der Waals surface area contributed by atoms with Crippen molar-refractivity contribution < 1.29 is 9.53 Å². The Hall–Kier alpha value is -3.61. The number of fused-ring (bicyclic) bond motifs is 1. The molecule has 0 atom stereocenters. The van der Waals surface area contributed by atoms with Gasteiger partial charge in [-0.2, -0.15) is 5.10 Å². The minimum atomic E-state index is -0.369. The fraction of sp³-hybridized carbons (Fsp3) is 0.150. The highest BCUT2D eigenvalue weighted by atomic mass is 16.5. The number of amides is 1. The highest BCUT2D eigenvalue weighted by molar-refractivity contribution is 6.04. The van der Waals surface area contributed by atoms with Crippen molar-refractivity contribution in [2.24, 2.45) is 0 Å². The number of nitrogens with zero attached hydrogens (tertiary/aromatic N) is 4. The summed E-state index contributed by atoms with van der Waals surface area (Å²) in [6.07, 6.45) is 1.69. The van der Waals surface area contributed by atoms with Gasteiger partial charge in [0.05, 0.1) is 30.0 Å². The monoisotopic (exact) mass is 361 g/mol. The zero-order valence-electron chi connectivity index (χ0n) is 15.1. The molecule has 4 aromatic rings. The second-order valence-corrected chi connectivity index (χ2v) is 5.95. The number of hydrogen-bond donors (Lipinski definition) is 1.